The van der Waals surface area contributed by atoms with Crippen molar-refractivity contribution in [2.75, 3.05) is 6.61 Å². The van der Waals surface area contributed by atoms with Gasteiger partial charge < -0.3 is 10.2 Å². The SMILES string of the molecule is CC(O)C(CO)Cc1cccc(C(F)(F)F)c1. The molecule has 1 rings (SSSR count). The van der Waals surface area contributed by atoms with E-state index in [1.165, 1.54) is 13.0 Å². The third kappa shape index (κ3) is 4.02. The van der Waals surface area contributed by atoms with Crippen LogP contribution in [-0.2, 0) is 12.6 Å². The van der Waals surface area contributed by atoms with E-state index in [2.05, 4.69) is 0 Å². The predicted octanol–water partition coefficient (Wildman–Crippen LogP) is 2.24. The Labute approximate surface area is 97.7 Å². The van der Waals surface area contributed by atoms with Crippen LogP contribution < -0.4 is 0 Å². The molecular weight excluding hydrogens is 233 g/mol. The van der Waals surface area contributed by atoms with Gasteiger partial charge in [0.1, 0.15) is 0 Å². The van der Waals surface area contributed by atoms with Crippen LogP contribution in [0.5, 0.6) is 0 Å². The van der Waals surface area contributed by atoms with Crippen LogP contribution in [0.2, 0.25) is 0 Å². The highest BCUT2D eigenvalue weighted by Gasteiger charge is 2.30. The number of aliphatic hydroxyl groups is 2. The van der Waals surface area contributed by atoms with E-state index in [1.54, 1.807) is 6.07 Å². The summed E-state index contributed by atoms with van der Waals surface area (Å²) in [5, 5.41) is 18.3. The van der Waals surface area contributed by atoms with Crippen LogP contribution >= 0.6 is 0 Å². The van der Waals surface area contributed by atoms with Crippen molar-refractivity contribution < 1.29 is 23.4 Å². The molecule has 2 atom stereocenters. The first kappa shape index (κ1) is 14.0. The third-order valence-electron chi connectivity index (χ3n) is 2.67. The molecule has 0 aliphatic heterocycles. The standard InChI is InChI=1S/C12H15F3O2/c1-8(17)10(7-16)5-9-3-2-4-11(6-9)12(13,14)15/h2-4,6,8,10,16-17H,5,7H2,1H3. The summed E-state index contributed by atoms with van der Waals surface area (Å²) in [5.41, 5.74) is -0.253. The lowest BCUT2D eigenvalue weighted by atomic mass is 9.94. The number of aliphatic hydroxyl groups excluding tert-OH is 2. The number of benzene rings is 1. The zero-order chi connectivity index (χ0) is 13.1. The molecular formula is C12H15F3O2. The van der Waals surface area contributed by atoms with Gasteiger partial charge in [0.2, 0.25) is 0 Å². The maximum Gasteiger partial charge on any atom is 0.416 e. The molecule has 0 saturated heterocycles. The topological polar surface area (TPSA) is 40.5 Å². The summed E-state index contributed by atoms with van der Waals surface area (Å²) in [7, 11) is 0. The maximum atomic E-state index is 12.4. The highest BCUT2D eigenvalue weighted by atomic mass is 19.4. The van der Waals surface area contributed by atoms with Gasteiger partial charge in [-0.05, 0) is 25.0 Å². The Morgan fingerprint density at radius 2 is 1.94 bits per heavy atom. The largest absolute Gasteiger partial charge is 0.416 e. The summed E-state index contributed by atoms with van der Waals surface area (Å²) >= 11 is 0. The number of hydrogen-bond donors (Lipinski definition) is 2. The van der Waals surface area contributed by atoms with E-state index < -0.39 is 23.8 Å². The van der Waals surface area contributed by atoms with Crippen LogP contribution in [0.3, 0.4) is 0 Å². The van der Waals surface area contributed by atoms with Crippen LogP contribution in [-0.4, -0.2) is 22.9 Å². The van der Waals surface area contributed by atoms with E-state index >= 15 is 0 Å². The molecule has 0 aliphatic carbocycles. The molecule has 96 valence electrons. The van der Waals surface area contributed by atoms with E-state index in [-0.39, 0.29) is 13.0 Å². The van der Waals surface area contributed by atoms with Gasteiger partial charge in [-0.2, -0.15) is 13.2 Å². The summed E-state index contributed by atoms with van der Waals surface area (Å²) in [6.07, 6.45) is -4.90. The first-order valence-electron chi connectivity index (χ1n) is 5.29. The van der Waals surface area contributed by atoms with E-state index in [0.717, 1.165) is 12.1 Å². The zero-order valence-corrected chi connectivity index (χ0v) is 9.41. The minimum absolute atomic E-state index is 0.220. The van der Waals surface area contributed by atoms with Gasteiger partial charge in [-0.15, -0.1) is 0 Å². The smallest absolute Gasteiger partial charge is 0.396 e. The maximum absolute atomic E-state index is 12.4. The van der Waals surface area contributed by atoms with E-state index in [0.29, 0.717) is 5.56 Å². The lowest BCUT2D eigenvalue weighted by molar-refractivity contribution is -0.137. The van der Waals surface area contributed by atoms with Gasteiger partial charge in [-0.3, -0.25) is 0 Å². The quantitative estimate of drug-likeness (QED) is 0.857. The lowest BCUT2D eigenvalue weighted by Gasteiger charge is -2.17. The van der Waals surface area contributed by atoms with Gasteiger partial charge in [0.25, 0.3) is 0 Å². The fourth-order valence-corrected chi connectivity index (χ4v) is 1.57. The Kier molecular flexibility index (Phi) is 4.54. The first-order valence-corrected chi connectivity index (χ1v) is 5.29. The fourth-order valence-electron chi connectivity index (χ4n) is 1.57. The molecule has 0 spiro atoms. The summed E-state index contributed by atoms with van der Waals surface area (Å²) < 4.78 is 37.3. The molecule has 0 saturated carbocycles. The normalized spacial score (nSPS) is 15.6. The van der Waals surface area contributed by atoms with Gasteiger partial charge in [0.05, 0.1) is 11.7 Å². The average Bonchev–Trinajstić information content (AvgIpc) is 2.24. The van der Waals surface area contributed by atoms with E-state index in [1.807, 2.05) is 0 Å². The molecule has 0 radical (unpaired) electrons. The van der Waals surface area contributed by atoms with Crippen molar-refractivity contribution in [2.24, 2.45) is 5.92 Å². The molecule has 0 bridgehead atoms. The predicted molar refractivity (Wildman–Crippen MR) is 57.4 cm³/mol. The number of rotatable bonds is 4. The van der Waals surface area contributed by atoms with E-state index in [9.17, 15) is 18.3 Å². The van der Waals surface area contributed by atoms with E-state index in [4.69, 9.17) is 5.11 Å². The molecule has 5 heteroatoms. The van der Waals surface area contributed by atoms with Crippen LogP contribution in [0.25, 0.3) is 0 Å². The van der Waals surface area contributed by atoms with Crippen molar-refractivity contribution in [3.8, 4) is 0 Å². The summed E-state index contributed by atoms with van der Waals surface area (Å²) in [5.74, 6) is -0.446. The molecule has 0 aliphatic rings. The fraction of sp³-hybridized carbons (Fsp3) is 0.500. The van der Waals surface area contributed by atoms with Crippen molar-refractivity contribution in [1.29, 1.82) is 0 Å². The highest BCUT2D eigenvalue weighted by Crippen LogP contribution is 2.30. The molecule has 2 N–H and O–H groups in total. The minimum Gasteiger partial charge on any atom is -0.396 e. The highest BCUT2D eigenvalue weighted by molar-refractivity contribution is 5.26. The summed E-state index contributed by atoms with van der Waals surface area (Å²) in [6, 6.07) is 4.93. The second-order valence-corrected chi connectivity index (χ2v) is 4.09. The number of alkyl halides is 3. The molecule has 1 aromatic rings. The first-order chi connectivity index (χ1) is 7.84. The Balaban J connectivity index is 2.85. The summed E-state index contributed by atoms with van der Waals surface area (Å²) in [4.78, 5) is 0. The lowest BCUT2D eigenvalue weighted by Crippen LogP contribution is -2.23. The third-order valence-corrected chi connectivity index (χ3v) is 2.67. The molecule has 17 heavy (non-hydrogen) atoms. The van der Waals surface area contributed by atoms with Gasteiger partial charge >= 0.3 is 6.18 Å². The van der Waals surface area contributed by atoms with Crippen LogP contribution in [0.1, 0.15) is 18.1 Å². The van der Waals surface area contributed by atoms with Gasteiger partial charge in [-0.25, -0.2) is 0 Å². The average molecular weight is 248 g/mol. The van der Waals surface area contributed by atoms with Crippen LogP contribution in [0.15, 0.2) is 24.3 Å². The van der Waals surface area contributed by atoms with Crippen LogP contribution in [0.4, 0.5) is 13.2 Å². The molecule has 2 unspecified atom stereocenters. The molecule has 0 amide bonds. The number of halogens is 3. The molecule has 0 aromatic heterocycles. The monoisotopic (exact) mass is 248 g/mol. The molecule has 0 fully saturated rings. The Bertz CT molecular complexity index is 361. The Hall–Kier alpha value is -1.07. The van der Waals surface area contributed by atoms with Crippen molar-refractivity contribution in [3.05, 3.63) is 35.4 Å². The van der Waals surface area contributed by atoms with Crippen molar-refractivity contribution >= 4 is 0 Å². The Morgan fingerprint density at radius 3 is 2.41 bits per heavy atom. The minimum atomic E-state index is -4.37. The molecule has 1 aromatic carbocycles. The van der Waals surface area contributed by atoms with Crippen molar-refractivity contribution in [2.45, 2.75) is 25.6 Å². The second kappa shape index (κ2) is 5.51. The van der Waals surface area contributed by atoms with Gasteiger partial charge in [0, 0.05) is 12.5 Å². The number of hydrogen-bond acceptors (Lipinski definition) is 2. The summed E-state index contributed by atoms with van der Waals surface area (Å²) in [6.45, 7) is 1.25. The van der Waals surface area contributed by atoms with Gasteiger partial charge in [-0.1, -0.05) is 18.2 Å². The molecule has 0 heterocycles. The second-order valence-electron chi connectivity index (χ2n) is 4.09. The van der Waals surface area contributed by atoms with Gasteiger partial charge in [0.15, 0.2) is 0 Å². The van der Waals surface area contributed by atoms with Crippen molar-refractivity contribution in [1.82, 2.24) is 0 Å². The zero-order valence-electron chi connectivity index (χ0n) is 9.41. The Morgan fingerprint density at radius 1 is 1.29 bits per heavy atom. The van der Waals surface area contributed by atoms with Crippen molar-refractivity contribution in [3.63, 3.8) is 0 Å². The molecule has 2 nitrogen and oxygen atoms in total. The van der Waals surface area contributed by atoms with Crippen LogP contribution in [0, 0.1) is 5.92 Å².